The second-order valence-electron chi connectivity index (χ2n) is 6.39. The quantitative estimate of drug-likeness (QED) is 0.855. The van der Waals surface area contributed by atoms with E-state index in [2.05, 4.69) is 0 Å². The van der Waals surface area contributed by atoms with Crippen LogP contribution in [0.4, 0.5) is 14.5 Å². The largest absolute Gasteiger partial charge is 0.324 e. The Hall–Kier alpha value is -1.98. The minimum Gasteiger partial charge on any atom is -0.324 e. The van der Waals surface area contributed by atoms with Crippen molar-refractivity contribution in [2.75, 3.05) is 11.4 Å². The Kier molecular flexibility index (Phi) is 4.80. The summed E-state index contributed by atoms with van der Waals surface area (Å²) in [5.74, 6) is -1.40. The Morgan fingerprint density at radius 2 is 1.84 bits per heavy atom. The van der Waals surface area contributed by atoms with Gasteiger partial charge < -0.3 is 10.6 Å². The summed E-state index contributed by atoms with van der Waals surface area (Å²) in [6.45, 7) is 4.12. The molecule has 1 atom stereocenters. The minimum absolute atomic E-state index is 0.0286. The van der Waals surface area contributed by atoms with E-state index in [9.17, 15) is 13.6 Å². The van der Waals surface area contributed by atoms with Gasteiger partial charge in [-0.2, -0.15) is 0 Å². The number of carbonyl (C=O) groups is 1. The molecule has 0 aromatic heterocycles. The van der Waals surface area contributed by atoms with Crippen LogP contribution in [0, 0.1) is 18.6 Å². The average Bonchev–Trinajstić information content (AvgIpc) is 2.94. The lowest BCUT2D eigenvalue weighted by molar-refractivity contribution is -0.117. The van der Waals surface area contributed by atoms with E-state index in [4.69, 9.17) is 17.3 Å². The lowest BCUT2D eigenvalue weighted by Crippen LogP contribution is -2.26. The molecule has 2 aromatic carbocycles. The molecule has 1 amide bonds. The number of hydrogen-bond acceptors (Lipinski definition) is 2. The second kappa shape index (κ2) is 6.73. The van der Waals surface area contributed by atoms with E-state index in [-0.39, 0.29) is 5.91 Å². The fourth-order valence-electron chi connectivity index (χ4n) is 3.34. The topological polar surface area (TPSA) is 46.3 Å². The molecule has 1 aliphatic heterocycles. The van der Waals surface area contributed by atoms with Gasteiger partial charge in [0, 0.05) is 35.7 Å². The van der Waals surface area contributed by atoms with E-state index in [0.29, 0.717) is 45.9 Å². The Labute approximate surface area is 150 Å². The van der Waals surface area contributed by atoms with Gasteiger partial charge in [-0.05, 0) is 55.2 Å². The molecular formula is C19H19ClF2N2O. The van der Waals surface area contributed by atoms with Gasteiger partial charge in [-0.15, -0.1) is 0 Å². The molecule has 6 heteroatoms. The summed E-state index contributed by atoms with van der Waals surface area (Å²) in [4.78, 5) is 14.0. The predicted molar refractivity (Wildman–Crippen MR) is 95.7 cm³/mol. The van der Waals surface area contributed by atoms with Crippen LogP contribution in [0.1, 0.15) is 36.9 Å². The van der Waals surface area contributed by atoms with Gasteiger partial charge >= 0.3 is 0 Å². The normalized spacial score (nSPS) is 15.8. The number of amides is 1. The van der Waals surface area contributed by atoms with Gasteiger partial charge in [0.25, 0.3) is 0 Å². The molecule has 0 aliphatic carbocycles. The highest BCUT2D eigenvalue weighted by Crippen LogP contribution is 2.43. The monoisotopic (exact) mass is 364 g/mol. The van der Waals surface area contributed by atoms with Crippen LogP contribution in [-0.2, 0) is 4.79 Å². The number of nitrogens with zero attached hydrogens (tertiary/aromatic N) is 1. The number of nitrogens with two attached hydrogens (primary N) is 1. The Balaban J connectivity index is 2.37. The lowest BCUT2D eigenvalue weighted by Gasteiger charge is -2.27. The molecular weight excluding hydrogens is 346 g/mol. The highest BCUT2D eigenvalue weighted by Gasteiger charge is 2.29. The molecule has 0 radical (unpaired) electrons. The van der Waals surface area contributed by atoms with Crippen molar-refractivity contribution in [2.24, 2.45) is 5.73 Å². The van der Waals surface area contributed by atoms with Crippen LogP contribution in [0.25, 0.3) is 11.1 Å². The number of carbonyl (C=O) groups excluding carboxylic acids is 1. The minimum atomic E-state index is -0.683. The molecule has 25 heavy (non-hydrogen) atoms. The van der Waals surface area contributed by atoms with E-state index in [0.717, 1.165) is 12.5 Å². The van der Waals surface area contributed by atoms with Crippen LogP contribution in [0.3, 0.4) is 0 Å². The van der Waals surface area contributed by atoms with Crippen molar-refractivity contribution in [2.45, 2.75) is 32.7 Å². The smallest absolute Gasteiger partial charge is 0.227 e. The molecule has 2 aromatic rings. The van der Waals surface area contributed by atoms with Crippen molar-refractivity contribution in [1.29, 1.82) is 0 Å². The third kappa shape index (κ3) is 3.26. The molecule has 3 nitrogen and oxygen atoms in total. The molecule has 0 bridgehead atoms. The van der Waals surface area contributed by atoms with E-state index in [1.807, 2.05) is 0 Å². The number of rotatable bonds is 3. The van der Waals surface area contributed by atoms with Crippen molar-refractivity contribution >= 4 is 23.2 Å². The van der Waals surface area contributed by atoms with Gasteiger partial charge in [0.15, 0.2) is 0 Å². The molecule has 1 heterocycles. The van der Waals surface area contributed by atoms with E-state index in [1.54, 1.807) is 24.8 Å². The molecule has 0 spiro atoms. The molecule has 3 rings (SSSR count). The number of anilines is 1. The van der Waals surface area contributed by atoms with E-state index < -0.39 is 17.7 Å². The first-order chi connectivity index (χ1) is 11.8. The molecule has 0 saturated carbocycles. The average molecular weight is 365 g/mol. The van der Waals surface area contributed by atoms with Crippen molar-refractivity contribution in [1.82, 2.24) is 0 Å². The Morgan fingerprint density at radius 1 is 1.20 bits per heavy atom. The van der Waals surface area contributed by atoms with Gasteiger partial charge in [-0.3, -0.25) is 4.79 Å². The zero-order valence-electron chi connectivity index (χ0n) is 14.1. The molecule has 132 valence electrons. The predicted octanol–water partition coefficient (Wildman–Crippen LogP) is 4.74. The number of benzene rings is 2. The van der Waals surface area contributed by atoms with Crippen molar-refractivity contribution in [3.05, 3.63) is 52.0 Å². The maximum atomic E-state index is 13.8. The van der Waals surface area contributed by atoms with Gasteiger partial charge in [0.05, 0.1) is 5.69 Å². The standard InChI is InChI=1S/C19H19ClF2N2O/c1-10-16(20)9-15(11(2)23)18(12-6-13(21)8-14(22)7-12)19(10)24-5-3-4-17(24)25/h6-9,11H,3-5,23H2,1-2H3. The van der Waals surface area contributed by atoms with E-state index >= 15 is 0 Å². The summed E-state index contributed by atoms with van der Waals surface area (Å²) in [7, 11) is 0. The highest BCUT2D eigenvalue weighted by molar-refractivity contribution is 6.32. The summed E-state index contributed by atoms with van der Waals surface area (Å²) in [5.41, 5.74) is 8.94. The van der Waals surface area contributed by atoms with Crippen LogP contribution in [0.2, 0.25) is 5.02 Å². The summed E-state index contributed by atoms with van der Waals surface area (Å²) in [5, 5.41) is 0.475. The van der Waals surface area contributed by atoms with Crippen molar-refractivity contribution in [3.63, 3.8) is 0 Å². The summed E-state index contributed by atoms with van der Waals surface area (Å²) < 4.78 is 27.7. The van der Waals surface area contributed by atoms with Gasteiger partial charge in [-0.1, -0.05) is 11.6 Å². The third-order valence-corrected chi connectivity index (χ3v) is 4.90. The number of halogens is 3. The van der Waals surface area contributed by atoms with Gasteiger partial charge in [0.1, 0.15) is 11.6 Å². The number of hydrogen-bond donors (Lipinski definition) is 1. The SMILES string of the molecule is Cc1c(Cl)cc(C(C)N)c(-c2cc(F)cc(F)c2)c1N1CCCC1=O. The fourth-order valence-corrected chi connectivity index (χ4v) is 3.54. The lowest BCUT2D eigenvalue weighted by atomic mass is 9.91. The summed E-state index contributed by atoms with van der Waals surface area (Å²) in [6.07, 6.45) is 1.17. The van der Waals surface area contributed by atoms with Gasteiger partial charge in [0.2, 0.25) is 5.91 Å². The first kappa shape index (κ1) is 17.8. The molecule has 1 fully saturated rings. The Morgan fingerprint density at radius 3 is 2.36 bits per heavy atom. The van der Waals surface area contributed by atoms with Crippen LogP contribution >= 0.6 is 11.6 Å². The summed E-state index contributed by atoms with van der Waals surface area (Å²) >= 11 is 6.37. The second-order valence-corrected chi connectivity index (χ2v) is 6.80. The van der Waals surface area contributed by atoms with Crippen LogP contribution in [0.15, 0.2) is 24.3 Å². The van der Waals surface area contributed by atoms with Crippen LogP contribution < -0.4 is 10.6 Å². The van der Waals surface area contributed by atoms with Crippen molar-refractivity contribution < 1.29 is 13.6 Å². The molecule has 1 unspecified atom stereocenters. The molecule has 1 saturated heterocycles. The zero-order chi connectivity index (χ0) is 18.3. The van der Waals surface area contributed by atoms with Crippen LogP contribution in [-0.4, -0.2) is 12.5 Å². The van der Waals surface area contributed by atoms with E-state index in [1.165, 1.54) is 12.1 Å². The van der Waals surface area contributed by atoms with Crippen molar-refractivity contribution in [3.8, 4) is 11.1 Å². The zero-order valence-corrected chi connectivity index (χ0v) is 14.8. The summed E-state index contributed by atoms with van der Waals surface area (Å²) in [6, 6.07) is 4.61. The maximum Gasteiger partial charge on any atom is 0.227 e. The first-order valence-corrected chi connectivity index (χ1v) is 8.52. The molecule has 2 N–H and O–H groups in total. The first-order valence-electron chi connectivity index (χ1n) is 8.15. The maximum absolute atomic E-state index is 13.8. The fraction of sp³-hybridized carbons (Fsp3) is 0.316. The Bertz CT molecular complexity index is 832. The van der Waals surface area contributed by atoms with Gasteiger partial charge in [-0.25, -0.2) is 8.78 Å². The highest BCUT2D eigenvalue weighted by atomic mass is 35.5. The molecule has 1 aliphatic rings. The van der Waals surface area contributed by atoms with Crippen LogP contribution in [0.5, 0.6) is 0 Å². The third-order valence-electron chi connectivity index (χ3n) is 4.51.